The number of carbonyl (C=O) groups is 1. The van der Waals surface area contributed by atoms with Gasteiger partial charge in [-0.1, -0.05) is 17.7 Å². The zero-order valence-electron chi connectivity index (χ0n) is 12.5. The number of pyridine rings is 1. The number of hydrogen-bond acceptors (Lipinski definition) is 3. The molecule has 22 heavy (non-hydrogen) atoms. The summed E-state index contributed by atoms with van der Waals surface area (Å²) in [6.45, 7) is 4.99. The summed E-state index contributed by atoms with van der Waals surface area (Å²) >= 11 is 6.04. The summed E-state index contributed by atoms with van der Waals surface area (Å²) in [7, 11) is 0. The second-order valence-corrected chi connectivity index (χ2v) is 5.74. The quantitative estimate of drug-likeness (QED) is 0.799. The molecule has 1 aromatic heterocycles. The zero-order valence-corrected chi connectivity index (χ0v) is 13.3. The largest absolute Gasteiger partial charge is 0.367 e. The van der Waals surface area contributed by atoms with Gasteiger partial charge < -0.3 is 9.80 Å². The van der Waals surface area contributed by atoms with Gasteiger partial charge >= 0.3 is 0 Å². The fourth-order valence-electron chi connectivity index (χ4n) is 2.80. The van der Waals surface area contributed by atoms with E-state index < -0.39 is 0 Å². The number of nitrogens with zero attached hydrogens (tertiary/aromatic N) is 3. The van der Waals surface area contributed by atoms with E-state index >= 15 is 0 Å². The number of piperazine rings is 1. The summed E-state index contributed by atoms with van der Waals surface area (Å²) in [6, 6.07) is 7.81. The molecule has 0 saturated carbocycles. The SMILES string of the molecule is C/C=C/C(=O)N1CCN(c2ccnc3cc(Cl)ccc23)CC1. The summed E-state index contributed by atoms with van der Waals surface area (Å²) in [5.74, 6) is 0.0912. The summed E-state index contributed by atoms with van der Waals surface area (Å²) in [4.78, 5) is 20.5. The van der Waals surface area contributed by atoms with Crippen LogP contribution < -0.4 is 4.90 Å². The van der Waals surface area contributed by atoms with E-state index in [0.29, 0.717) is 5.02 Å². The molecular formula is C17H18ClN3O. The van der Waals surface area contributed by atoms with Crippen molar-refractivity contribution in [1.29, 1.82) is 0 Å². The molecule has 0 N–H and O–H groups in total. The van der Waals surface area contributed by atoms with E-state index in [4.69, 9.17) is 11.6 Å². The smallest absolute Gasteiger partial charge is 0.246 e. The van der Waals surface area contributed by atoms with E-state index in [1.165, 1.54) is 0 Å². The lowest BCUT2D eigenvalue weighted by Gasteiger charge is -2.36. The Morgan fingerprint density at radius 1 is 1.23 bits per heavy atom. The molecule has 0 radical (unpaired) electrons. The number of amides is 1. The van der Waals surface area contributed by atoms with Crippen molar-refractivity contribution in [1.82, 2.24) is 9.88 Å². The summed E-state index contributed by atoms with van der Waals surface area (Å²) in [6.07, 6.45) is 5.22. The van der Waals surface area contributed by atoms with Crippen molar-refractivity contribution in [3.63, 3.8) is 0 Å². The van der Waals surface area contributed by atoms with Crippen LogP contribution in [0.1, 0.15) is 6.92 Å². The Morgan fingerprint density at radius 2 is 2.00 bits per heavy atom. The molecule has 1 saturated heterocycles. The van der Waals surface area contributed by atoms with Gasteiger partial charge in [-0.05, 0) is 37.3 Å². The molecule has 5 heteroatoms. The molecule has 1 aromatic carbocycles. The molecule has 0 atom stereocenters. The maximum Gasteiger partial charge on any atom is 0.246 e. The van der Waals surface area contributed by atoms with Crippen LogP contribution in [0.2, 0.25) is 5.02 Å². The monoisotopic (exact) mass is 315 g/mol. The lowest BCUT2D eigenvalue weighted by molar-refractivity contribution is -0.126. The summed E-state index contributed by atoms with van der Waals surface area (Å²) < 4.78 is 0. The fraction of sp³-hybridized carbons (Fsp3) is 0.294. The van der Waals surface area contributed by atoms with Crippen molar-refractivity contribution in [3.05, 3.63) is 47.6 Å². The van der Waals surface area contributed by atoms with Crippen molar-refractivity contribution in [2.24, 2.45) is 0 Å². The number of aromatic nitrogens is 1. The van der Waals surface area contributed by atoms with Gasteiger partial charge in [-0.25, -0.2) is 0 Å². The van der Waals surface area contributed by atoms with Gasteiger partial charge in [-0.15, -0.1) is 0 Å². The van der Waals surface area contributed by atoms with E-state index in [-0.39, 0.29) is 5.91 Å². The van der Waals surface area contributed by atoms with Gasteiger partial charge in [0.05, 0.1) is 5.52 Å². The first kappa shape index (κ1) is 14.9. The minimum absolute atomic E-state index is 0.0912. The Labute approximate surface area is 135 Å². The molecule has 0 unspecified atom stereocenters. The third kappa shape index (κ3) is 2.92. The molecule has 1 aliphatic heterocycles. The molecule has 0 bridgehead atoms. The highest BCUT2D eigenvalue weighted by molar-refractivity contribution is 6.31. The summed E-state index contributed by atoms with van der Waals surface area (Å²) in [5.41, 5.74) is 2.05. The van der Waals surface area contributed by atoms with Gasteiger partial charge in [-0.3, -0.25) is 9.78 Å². The Morgan fingerprint density at radius 3 is 2.73 bits per heavy atom. The standard InChI is InChI=1S/C17H18ClN3O/c1-2-3-17(22)21-10-8-20(9-11-21)16-6-7-19-15-12-13(18)4-5-14(15)16/h2-7,12H,8-11H2,1H3/b3-2+. The molecule has 1 amide bonds. The van der Waals surface area contributed by atoms with E-state index in [1.54, 1.807) is 12.2 Å². The van der Waals surface area contributed by atoms with E-state index in [2.05, 4.69) is 9.88 Å². The number of hydrogen-bond donors (Lipinski definition) is 0. The highest BCUT2D eigenvalue weighted by Crippen LogP contribution is 2.28. The average Bonchev–Trinajstić information content (AvgIpc) is 2.54. The van der Waals surface area contributed by atoms with Gasteiger partial charge in [0.2, 0.25) is 5.91 Å². The molecule has 1 fully saturated rings. The third-order valence-corrected chi connectivity index (χ3v) is 4.16. The molecule has 0 aliphatic carbocycles. The average molecular weight is 316 g/mol. The van der Waals surface area contributed by atoms with Crippen LogP contribution in [0.5, 0.6) is 0 Å². The first-order valence-corrected chi connectivity index (χ1v) is 7.77. The van der Waals surface area contributed by atoms with Gasteiger partial charge in [0.1, 0.15) is 0 Å². The molecule has 3 rings (SSSR count). The second kappa shape index (κ2) is 6.36. The van der Waals surface area contributed by atoms with Gasteiger partial charge in [-0.2, -0.15) is 0 Å². The Balaban J connectivity index is 1.81. The van der Waals surface area contributed by atoms with Crippen molar-refractivity contribution in [2.45, 2.75) is 6.92 Å². The third-order valence-electron chi connectivity index (χ3n) is 3.92. The second-order valence-electron chi connectivity index (χ2n) is 5.30. The highest BCUT2D eigenvalue weighted by Gasteiger charge is 2.20. The molecule has 1 aliphatic rings. The topological polar surface area (TPSA) is 36.4 Å². The normalized spacial score (nSPS) is 15.7. The Kier molecular flexibility index (Phi) is 4.29. The Bertz CT molecular complexity index is 721. The van der Waals surface area contributed by atoms with Crippen LogP contribution in [0.25, 0.3) is 10.9 Å². The van der Waals surface area contributed by atoms with E-state index in [0.717, 1.165) is 42.8 Å². The predicted octanol–water partition coefficient (Wildman–Crippen LogP) is 3.11. The molecule has 114 valence electrons. The van der Waals surface area contributed by atoms with Gasteiger partial charge in [0, 0.05) is 48.5 Å². The number of anilines is 1. The minimum Gasteiger partial charge on any atom is -0.367 e. The first-order valence-electron chi connectivity index (χ1n) is 7.40. The number of allylic oxidation sites excluding steroid dienone is 1. The molecule has 4 nitrogen and oxygen atoms in total. The fourth-order valence-corrected chi connectivity index (χ4v) is 2.96. The Hall–Kier alpha value is -2.07. The zero-order chi connectivity index (χ0) is 15.5. The van der Waals surface area contributed by atoms with Crippen molar-refractivity contribution >= 4 is 34.1 Å². The number of benzene rings is 1. The van der Waals surface area contributed by atoms with Crippen molar-refractivity contribution in [3.8, 4) is 0 Å². The van der Waals surface area contributed by atoms with Gasteiger partial charge in [0.25, 0.3) is 0 Å². The molecule has 2 heterocycles. The lowest BCUT2D eigenvalue weighted by Crippen LogP contribution is -2.48. The van der Waals surface area contributed by atoms with Gasteiger partial charge in [0.15, 0.2) is 0 Å². The van der Waals surface area contributed by atoms with Crippen LogP contribution in [0.4, 0.5) is 5.69 Å². The molecular weight excluding hydrogens is 298 g/mol. The highest BCUT2D eigenvalue weighted by atomic mass is 35.5. The number of fused-ring (bicyclic) bond motifs is 1. The van der Waals surface area contributed by atoms with E-state index in [1.807, 2.05) is 42.3 Å². The number of carbonyl (C=O) groups excluding carboxylic acids is 1. The van der Waals surface area contributed by atoms with Crippen LogP contribution in [-0.2, 0) is 4.79 Å². The minimum atomic E-state index is 0.0912. The van der Waals surface area contributed by atoms with Crippen LogP contribution in [0.3, 0.4) is 0 Å². The lowest BCUT2D eigenvalue weighted by atomic mass is 10.1. The first-order chi connectivity index (χ1) is 10.7. The molecule has 2 aromatic rings. The maximum absolute atomic E-state index is 11.9. The van der Waals surface area contributed by atoms with Crippen LogP contribution in [0, 0.1) is 0 Å². The maximum atomic E-state index is 11.9. The van der Waals surface area contributed by atoms with Crippen molar-refractivity contribution in [2.75, 3.05) is 31.1 Å². The van der Waals surface area contributed by atoms with Crippen LogP contribution >= 0.6 is 11.6 Å². The predicted molar refractivity (Wildman–Crippen MR) is 90.4 cm³/mol. The summed E-state index contributed by atoms with van der Waals surface area (Å²) in [5, 5.41) is 1.79. The van der Waals surface area contributed by atoms with Crippen LogP contribution in [-0.4, -0.2) is 42.0 Å². The van der Waals surface area contributed by atoms with Crippen molar-refractivity contribution < 1.29 is 4.79 Å². The van der Waals surface area contributed by atoms with Crippen LogP contribution in [0.15, 0.2) is 42.6 Å². The van der Waals surface area contributed by atoms with E-state index in [9.17, 15) is 4.79 Å². The molecule has 0 spiro atoms. The number of halogens is 1. The number of rotatable bonds is 2.